The molecule has 4 aliphatic carbocycles. The minimum atomic E-state index is -1.76. The fraction of sp³-hybridized carbons (Fsp3) is 0.920. The number of aliphatic hydroxyl groups excluding tert-OH is 4. The highest BCUT2D eigenvalue weighted by Gasteiger charge is 2.66. The maximum Gasteiger partial charge on any atom is 0.113 e. The minimum Gasteiger partial charge on any atom is -0.393 e. The summed E-state index contributed by atoms with van der Waals surface area (Å²) in [4.78, 5) is 0. The van der Waals surface area contributed by atoms with E-state index in [-0.39, 0.29) is 17.8 Å². The summed E-state index contributed by atoms with van der Waals surface area (Å²) >= 11 is 0. The van der Waals surface area contributed by atoms with E-state index in [1.807, 2.05) is 0 Å². The van der Waals surface area contributed by atoms with Crippen molar-refractivity contribution in [2.45, 2.75) is 97.1 Å². The molecule has 11 atom stereocenters. The van der Waals surface area contributed by atoms with Crippen LogP contribution in [0.15, 0.2) is 11.1 Å². The molecule has 0 aromatic carbocycles. The van der Waals surface area contributed by atoms with Gasteiger partial charge in [0, 0.05) is 0 Å². The highest BCUT2D eigenvalue weighted by Crippen LogP contribution is 2.71. The van der Waals surface area contributed by atoms with Crippen LogP contribution in [0.1, 0.15) is 73.1 Å². The first-order valence-corrected chi connectivity index (χ1v) is 11.9. The van der Waals surface area contributed by atoms with Gasteiger partial charge in [0.2, 0.25) is 0 Å². The second-order valence-corrected chi connectivity index (χ2v) is 12.2. The predicted octanol–water partition coefficient (Wildman–Crippen LogP) is 2.64. The van der Waals surface area contributed by atoms with Gasteiger partial charge in [-0.15, -0.1) is 0 Å². The average molecular weight is 423 g/mol. The summed E-state index contributed by atoms with van der Waals surface area (Å²) in [6, 6.07) is 0. The second-order valence-electron chi connectivity index (χ2n) is 12.2. The van der Waals surface area contributed by atoms with Crippen LogP contribution in [0.2, 0.25) is 0 Å². The zero-order valence-corrected chi connectivity index (χ0v) is 19.3. The fourth-order valence-corrected chi connectivity index (χ4v) is 8.60. The Morgan fingerprint density at radius 2 is 1.83 bits per heavy atom. The van der Waals surface area contributed by atoms with Gasteiger partial charge in [-0.2, -0.15) is 0 Å². The normalized spacial score (nSPS) is 49.4. The molecule has 5 N–H and O–H groups in total. The molecule has 0 radical (unpaired) electrons. The molecule has 3 fully saturated rings. The third-order valence-corrected chi connectivity index (χ3v) is 9.98. The predicted molar refractivity (Wildman–Crippen MR) is 115 cm³/mol. The molecule has 0 aliphatic heterocycles. The van der Waals surface area contributed by atoms with Crippen molar-refractivity contribution in [3.63, 3.8) is 0 Å². The summed E-state index contributed by atoms with van der Waals surface area (Å²) < 4.78 is 0. The third kappa shape index (κ3) is 3.14. The first-order chi connectivity index (χ1) is 13.9. The molecular weight excluding hydrogens is 380 g/mol. The van der Waals surface area contributed by atoms with Crippen molar-refractivity contribution in [3.05, 3.63) is 11.1 Å². The molecule has 0 spiro atoms. The van der Waals surface area contributed by atoms with Gasteiger partial charge in [-0.3, -0.25) is 0 Å². The average Bonchev–Trinajstić information content (AvgIpc) is 3.09. The van der Waals surface area contributed by atoms with E-state index in [2.05, 4.69) is 27.7 Å². The number of hydrogen-bond acceptors (Lipinski definition) is 5. The van der Waals surface area contributed by atoms with Crippen LogP contribution < -0.4 is 0 Å². The van der Waals surface area contributed by atoms with Crippen molar-refractivity contribution in [1.29, 1.82) is 0 Å². The van der Waals surface area contributed by atoms with E-state index in [0.29, 0.717) is 23.7 Å². The summed E-state index contributed by atoms with van der Waals surface area (Å²) in [6.45, 7) is 9.83. The Morgan fingerprint density at radius 3 is 2.47 bits per heavy atom. The molecule has 0 bridgehead atoms. The van der Waals surface area contributed by atoms with Gasteiger partial charge in [-0.05, 0) is 92.8 Å². The number of aliphatic hydroxyl groups is 5. The van der Waals surface area contributed by atoms with E-state index in [0.717, 1.165) is 25.7 Å². The lowest BCUT2D eigenvalue weighted by Gasteiger charge is -2.55. The van der Waals surface area contributed by atoms with Gasteiger partial charge in [0.25, 0.3) is 0 Å². The molecule has 0 saturated heterocycles. The molecule has 0 heterocycles. The molecular formula is C25H42O5. The van der Waals surface area contributed by atoms with Crippen LogP contribution in [0, 0.1) is 40.4 Å². The summed E-state index contributed by atoms with van der Waals surface area (Å²) in [7, 11) is 0. The summed E-state index contributed by atoms with van der Waals surface area (Å²) in [5, 5.41) is 52.3. The molecule has 2 unspecified atom stereocenters. The molecule has 5 nitrogen and oxygen atoms in total. The monoisotopic (exact) mass is 422 g/mol. The van der Waals surface area contributed by atoms with Gasteiger partial charge in [-0.25, -0.2) is 0 Å². The van der Waals surface area contributed by atoms with E-state index < -0.39 is 35.9 Å². The molecule has 0 aromatic heterocycles. The molecule has 5 heteroatoms. The van der Waals surface area contributed by atoms with Crippen molar-refractivity contribution in [2.75, 3.05) is 6.61 Å². The van der Waals surface area contributed by atoms with E-state index in [1.54, 1.807) is 11.1 Å². The van der Waals surface area contributed by atoms with E-state index >= 15 is 0 Å². The Labute approximate surface area is 181 Å². The molecule has 0 amide bonds. The summed E-state index contributed by atoms with van der Waals surface area (Å²) in [6.07, 6.45) is 2.36. The largest absolute Gasteiger partial charge is 0.393 e. The van der Waals surface area contributed by atoms with Crippen LogP contribution in [-0.4, -0.2) is 56.1 Å². The van der Waals surface area contributed by atoms with Crippen LogP contribution in [0.3, 0.4) is 0 Å². The molecule has 3 saturated carbocycles. The highest BCUT2D eigenvalue weighted by molar-refractivity contribution is 5.30. The van der Waals surface area contributed by atoms with Crippen molar-refractivity contribution < 1.29 is 25.5 Å². The van der Waals surface area contributed by atoms with Crippen LogP contribution in [-0.2, 0) is 0 Å². The standard InChI is InChI=1S/C25H42O5/c1-13-6-7-15-20-16(13)8-14(2)17(20)9-23(3)11-19(28)24(4,21(15)23)10-18(27)22(29)25(5,30)12-26/h14-15,17-22,26-30H,6-12H2,1-5H3/t14-,15+,17?,18-,19-,20?,21-,22-,23-,24-,25-/m0/s1. The first kappa shape index (κ1) is 22.7. The summed E-state index contributed by atoms with van der Waals surface area (Å²) in [5.74, 6) is 2.74. The number of hydrogen-bond donors (Lipinski definition) is 5. The van der Waals surface area contributed by atoms with Crippen molar-refractivity contribution in [2.24, 2.45) is 40.4 Å². The van der Waals surface area contributed by atoms with Gasteiger partial charge in [0.05, 0.1) is 18.8 Å². The third-order valence-electron chi connectivity index (χ3n) is 9.98. The Balaban J connectivity index is 1.68. The van der Waals surface area contributed by atoms with Crippen molar-refractivity contribution >= 4 is 0 Å². The van der Waals surface area contributed by atoms with Crippen LogP contribution in [0.25, 0.3) is 0 Å². The maximum absolute atomic E-state index is 11.3. The smallest absolute Gasteiger partial charge is 0.113 e. The lowest BCUT2D eigenvalue weighted by Crippen LogP contribution is -2.54. The van der Waals surface area contributed by atoms with Gasteiger partial charge < -0.3 is 25.5 Å². The van der Waals surface area contributed by atoms with Crippen LogP contribution >= 0.6 is 0 Å². The summed E-state index contributed by atoms with van der Waals surface area (Å²) in [5.41, 5.74) is 0.971. The quantitative estimate of drug-likeness (QED) is 0.439. The van der Waals surface area contributed by atoms with E-state index in [9.17, 15) is 25.5 Å². The van der Waals surface area contributed by atoms with Gasteiger partial charge in [-0.1, -0.05) is 31.9 Å². The number of allylic oxidation sites excluding steroid dienone is 2. The first-order valence-electron chi connectivity index (χ1n) is 11.9. The molecule has 0 aromatic rings. The SMILES string of the molecule is CC1=C2C[C@H](C)C3C[C@@]4(C)C[C@H](O)[C@](C)(C[C@H](O)[C@H](O)[C@@](C)(O)CO)[C@H]4[C@H](CC1)C23. The van der Waals surface area contributed by atoms with E-state index in [4.69, 9.17) is 0 Å². The van der Waals surface area contributed by atoms with Crippen LogP contribution in [0.5, 0.6) is 0 Å². The van der Waals surface area contributed by atoms with Crippen molar-refractivity contribution in [3.8, 4) is 0 Å². The van der Waals surface area contributed by atoms with Gasteiger partial charge in [0.15, 0.2) is 0 Å². The molecule has 172 valence electrons. The second kappa shape index (κ2) is 7.28. The highest BCUT2D eigenvalue weighted by atomic mass is 16.4. The number of fused-ring (bicyclic) bond motifs is 2. The molecule has 4 aliphatic rings. The zero-order valence-electron chi connectivity index (χ0n) is 19.3. The zero-order chi connectivity index (χ0) is 22.2. The topological polar surface area (TPSA) is 101 Å². The Kier molecular flexibility index (Phi) is 5.51. The lowest BCUT2D eigenvalue weighted by molar-refractivity contribution is -0.155. The fourth-order valence-electron chi connectivity index (χ4n) is 8.60. The van der Waals surface area contributed by atoms with E-state index in [1.165, 1.54) is 13.3 Å². The Morgan fingerprint density at radius 1 is 1.17 bits per heavy atom. The van der Waals surface area contributed by atoms with Crippen LogP contribution in [0.4, 0.5) is 0 Å². The Bertz CT molecular complexity index is 716. The molecule has 30 heavy (non-hydrogen) atoms. The molecule has 4 rings (SSSR count). The van der Waals surface area contributed by atoms with Gasteiger partial charge in [0.1, 0.15) is 11.7 Å². The van der Waals surface area contributed by atoms with Crippen molar-refractivity contribution in [1.82, 2.24) is 0 Å². The minimum absolute atomic E-state index is 0.0269. The van der Waals surface area contributed by atoms with Gasteiger partial charge >= 0.3 is 0 Å². The lowest BCUT2D eigenvalue weighted by atomic mass is 9.49. The maximum atomic E-state index is 11.3. The number of rotatable bonds is 5. The Hall–Kier alpha value is -0.460.